The summed E-state index contributed by atoms with van der Waals surface area (Å²) < 4.78 is 25.7. The maximum Gasteiger partial charge on any atom is 0.283 e. The van der Waals surface area contributed by atoms with Crippen LogP contribution in [0.4, 0.5) is 8.78 Å². The van der Waals surface area contributed by atoms with Crippen LogP contribution >= 0.6 is 11.6 Å². The molecule has 0 spiro atoms. The number of hydrogen-bond acceptors (Lipinski definition) is 2. The zero-order chi connectivity index (χ0) is 10.8. The monoisotopic (exact) mass is 229 g/mol. The largest absolute Gasteiger partial charge is 0.283 e. The number of aromatic nitrogens is 3. The summed E-state index contributed by atoms with van der Waals surface area (Å²) in [6.45, 7) is 0. The van der Waals surface area contributed by atoms with Gasteiger partial charge in [-0.2, -0.15) is 0 Å². The Morgan fingerprint density at radius 2 is 2.13 bits per heavy atom. The van der Waals surface area contributed by atoms with E-state index in [0.29, 0.717) is 10.7 Å². The van der Waals surface area contributed by atoms with Gasteiger partial charge >= 0.3 is 0 Å². The Kier molecular flexibility index (Phi) is 2.64. The maximum atomic E-state index is 12.2. The molecule has 0 fully saturated rings. The predicted molar refractivity (Wildman–Crippen MR) is 51.3 cm³/mol. The van der Waals surface area contributed by atoms with Gasteiger partial charge in [-0.3, -0.25) is 0 Å². The van der Waals surface area contributed by atoms with Gasteiger partial charge < -0.3 is 0 Å². The average Bonchev–Trinajstić information content (AvgIpc) is 2.66. The van der Waals surface area contributed by atoms with Crippen LogP contribution in [0.1, 0.15) is 12.1 Å². The third-order valence-corrected chi connectivity index (χ3v) is 2.04. The number of halogens is 3. The number of benzene rings is 1. The molecule has 78 valence electrons. The number of alkyl halides is 2. The third kappa shape index (κ3) is 2.12. The van der Waals surface area contributed by atoms with E-state index in [2.05, 4.69) is 10.3 Å². The van der Waals surface area contributed by atoms with Crippen molar-refractivity contribution >= 4 is 11.6 Å². The fourth-order valence-electron chi connectivity index (χ4n) is 1.12. The molecule has 1 aromatic carbocycles. The molecule has 0 N–H and O–H groups in total. The number of rotatable bonds is 2. The van der Waals surface area contributed by atoms with Crippen molar-refractivity contribution in [1.29, 1.82) is 0 Å². The van der Waals surface area contributed by atoms with Crippen molar-refractivity contribution in [3.8, 4) is 5.69 Å². The molecule has 15 heavy (non-hydrogen) atoms. The second-order valence-electron chi connectivity index (χ2n) is 2.87. The summed E-state index contributed by atoms with van der Waals surface area (Å²) in [5, 5.41) is 7.43. The van der Waals surface area contributed by atoms with Crippen LogP contribution in [0.5, 0.6) is 0 Å². The lowest BCUT2D eigenvalue weighted by atomic mass is 10.3. The van der Waals surface area contributed by atoms with Gasteiger partial charge in [0.05, 0.1) is 11.9 Å². The molecular formula is C9H6ClF2N3. The van der Waals surface area contributed by atoms with Crippen LogP contribution in [0.15, 0.2) is 30.5 Å². The van der Waals surface area contributed by atoms with E-state index < -0.39 is 6.43 Å². The maximum absolute atomic E-state index is 12.2. The van der Waals surface area contributed by atoms with Gasteiger partial charge in [0.15, 0.2) is 0 Å². The van der Waals surface area contributed by atoms with Crippen molar-refractivity contribution in [3.63, 3.8) is 0 Å². The first-order valence-electron chi connectivity index (χ1n) is 4.13. The first-order valence-corrected chi connectivity index (χ1v) is 4.51. The lowest BCUT2D eigenvalue weighted by Crippen LogP contribution is -1.93. The SMILES string of the molecule is FC(F)c1cn(-c2cccc(Cl)c2)nn1. The van der Waals surface area contributed by atoms with Crippen LogP contribution < -0.4 is 0 Å². The fraction of sp³-hybridized carbons (Fsp3) is 0.111. The minimum atomic E-state index is -2.61. The Balaban J connectivity index is 2.37. The molecule has 0 saturated carbocycles. The molecule has 0 radical (unpaired) electrons. The number of nitrogens with zero attached hydrogens (tertiary/aromatic N) is 3. The minimum Gasteiger partial charge on any atom is -0.220 e. The van der Waals surface area contributed by atoms with Crippen LogP contribution in [-0.4, -0.2) is 15.0 Å². The van der Waals surface area contributed by atoms with E-state index in [1.165, 1.54) is 10.9 Å². The average molecular weight is 230 g/mol. The Labute approximate surface area is 89.3 Å². The molecule has 0 bridgehead atoms. The van der Waals surface area contributed by atoms with E-state index >= 15 is 0 Å². The normalized spacial score (nSPS) is 10.9. The Hall–Kier alpha value is -1.49. The van der Waals surface area contributed by atoms with E-state index in [9.17, 15) is 8.78 Å². The van der Waals surface area contributed by atoms with Gasteiger partial charge in [-0.1, -0.05) is 22.9 Å². The van der Waals surface area contributed by atoms with Crippen LogP contribution in [0.3, 0.4) is 0 Å². The van der Waals surface area contributed by atoms with Gasteiger partial charge in [0.1, 0.15) is 5.69 Å². The van der Waals surface area contributed by atoms with Crippen molar-refractivity contribution in [2.45, 2.75) is 6.43 Å². The Morgan fingerprint density at radius 3 is 2.73 bits per heavy atom. The van der Waals surface area contributed by atoms with Crippen LogP contribution in [0.25, 0.3) is 5.69 Å². The van der Waals surface area contributed by atoms with Gasteiger partial charge in [-0.25, -0.2) is 13.5 Å². The van der Waals surface area contributed by atoms with Crippen molar-refractivity contribution in [3.05, 3.63) is 41.2 Å². The highest BCUT2D eigenvalue weighted by atomic mass is 35.5. The standard InChI is InChI=1S/C9H6ClF2N3/c10-6-2-1-3-7(4-6)15-5-8(9(11)12)13-14-15/h1-5,9H. The number of hydrogen-bond donors (Lipinski definition) is 0. The second kappa shape index (κ2) is 3.94. The van der Waals surface area contributed by atoms with E-state index in [4.69, 9.17) is 11.6 Å². The summed E-state index contributed by atoms with van der Waals surface area (Å²) in [4.78, 5) is 0. The molecule has 1 heterocycles. The van der Waals surface area contributed by atoms with E-state index in [1.54, 1.807) is 24.3 Å². The summed E-state index contributed by atoms with van der Waals surface area (Å²) in [6.07, 6.45) is -1.44. The molecule has 0 atom stereocenters. The summed E-state index contributed by atoms with van der Waals surface area (Å²) in [5.41, 5.74) is 0.247. The molecule has 0 aliphatic carbocycles. The summed E-state index contributed by atoms with van der Waals surface area (Å²) in [7, 11) is 0. The smallest absolute Gasteiger partial charge is 0.220 e. The van der Waals surface area contributed by atoms with Gasteiger partial charge in [-0.05, 0) is 18.2 Å². The van der Waals surface area contributed by atoms with E-state index in [1.807, 2.05) is 0 Å². The molecule has 0 aliphatic heterocycles. The topological polar surface area (TPSA) is 30.7 Å². The van der Waals surface area contributed by atoms with E-state index in [-0.39, 0.29) is 5.69 Å². The van der Waals surface area contributed by atoms with Gasteiger partial charge in [0, 0.05) is 5.02 Å². The van der Waals surface area contributed by atoms with Crippen LogP contribution in [0, 0.1) is 0 Å². The van der Waals surface area contributed by atoms with Gasteiger partial charge in [0.2, 0.25) is 0 Å². The lowest BCUT2D eigenvalue weighted by Gasteiger charge is -1.99. The minimum absolute atomic E-state index is 0.352. The van der Waals surface area contributed by atoms with Gasteiger partial charge in [-0.15, -0.1) is 5.10 Å². The Morgan fingerprint density at radius 1 is 1.33 bits per heavy atom. The highest BCUT2D eigenvalue weighted by molar-refractivity contribution is 6.30. The fourth-order valence-corrected chi connectivity index (χ4v) is 1.31. The molecular weight excluding hydrogens is 224 g/mol. The lowest BCUT2D eigenvalue weighted by molar-refractivity contribution is 0.146. The van der Waals surface area contributed by atoms with Crippen LogP contribution in [0.2, 0.25) is 5.02 Å². The highest BCUT2D eigenvalue weighted by Gasteiger charge is 2.12. The van der Waals surface area contributed by atoms with Crippen molar-refractivity contribution in [2.75, 3.05) is 0 Å². The van der Waals surface area contributed by atoms with E-state index in [0.717, 1.165) is 0 Å². The first kappa shape index (κ1) is 10.0. The zero-order valence-corrected chi connectivity index (χ0v) is 8.20. The highest BCUT2D eigenvalue weighted by Crippen LogP contribution is 2.18. The molecule has 0 saturated heterocycles. The predicted octanol–water partition coefficient (Wildman–Crippen LogP) is 2.86. The molecule has 3 nitrogen and oxygen atoms in total. The summed E-state index contributed by atoms with van der Waals surface area (Å²) >= 11 is 5.75. The van der Waals surface area contributed by atoms with Crippen molar-refractivity contribution in [1.82, 2.24) is 15.0 Å². The molecule has 2 rings (SSSR count). The molecule has 1 aromatic heterocycles. The molecule has 2 aromatic rings. The summed E-state index contributed by atoms with van der Waals surface area (Å²) in [6, 6.07) is 6.72. The van der Waals surface area contributed by atoms with Crippen molar-refractivity contribution < 1.29 is 8.78 Å². The molecule has 6 heteroatoms. The molecule has 0 aliphatic rings. The second-order valence-corrected chi connectivity index (χ2v) is 3.30. The third-order valence-electron chi connectivity index (χ3n) is 1.81. The van der Waals surface area contributed by atoms with Gasteiger partial charge in [0.25, 0.3) is 6.43 Å². The Bertz CT molecular complexity index is 470. The zero-order valence-electron chi connectivity index (χ0n) is 7.44. The van der Waals surface area contributed by atoms with Crippen LogP contribution in [-0.2, 0) is 0 Å². The first-order chi connectivity index (χ1) is 7.16. The quantitative estimate of drug-likeness (QED) is 0.793. The van der Waals surface area contributed by atoms with Crippen molar-refractivity contribution in [2.24, 2.45) is 0 Å². The molecule has 0 amide bonds. The molecule has 0 unspecified atom stereocenters. The summed E-state index contributed by atoms with van der Waals surface area (Å²) in [5.74, 6) is 0.